The molecule has 8 heteroatoms. The van der Waals surface area contributed by atoms with Gasteiger partial charge in [-0.2, -0.15) is 0 Å². The van der Waals surface area contributed by atoms with Gasteiger partial charge in [-0.1, -0.05) is 11.8 Å². The third-order valence-corrected chi connectivity index (χ3v) is 7.14. The molecule has 0 saturated carbocycles. The molecule has 1 atom stereocenters. The van der Waals surface area contributed by atoms with Crippen LogP contribution in [0.2, 0.25) is 0 Å². The highest BCUT2D eigenvalue weighted by Crippen LogP contribution is 2.31. The Morgan fingerprint density at radius 1 is 1.36 bits per heavy atom. The predicted octanol–water partition coefficient (Wildman–Crippen LogP) is 2.16. The second-order valence-corrected chi connectivity index (χ2v) is 9.01. The van der Waals surface area contributed by atoms with Crippen molar-refractivity contribution in [3.8, 4) is 0 Å². The number of likely N-dealkylation sites (N-methyl/N-ethyl adjacent to an activating group) is 1. The molecule has 0 saturated heterocycles. The van der Waals surface area contributed by atoms with Gasteiger partial charge in [0.15, 0.2) is 10.9 Å². The number of halogens is 1. The largest absolute Gasteiger partial charge is 0.333 e. The predicted molar refractivity (Wildman–Crippen MR) is 110 cm³/mol. The number of ketones is 1. The summed E-state index contributed by atoms with van der Waals surface area (Å²) < 4.78 is 14.7. The van der Waals surface area contributed by atoms with Crippen LogP contribution >= 0.6 is 23.1 Å². The van der Waals surface area contributed by atoms with Gasteiger partial charge in [-0.05, 0) is 36.8 Å². The number of nitrogens with one attached hydrogen (secondary N) is 1. The second kappa shape index (κ2) is 7.77. The third kappa shape index (κ3) is 3.52. The molecule has 2 aromatic heterocycles. The Labute approximate surface area is 170 Å². The molecule has 1 aliphatic heterocycles. The van der Waals surface area contributed by atoms with E-state index in [1.54, 1.807) is 15.9 Å². The molecule has 1 aromatic carbocycles. The number of quaternary nitrogens is 1. The molecule has 1 aliphatic rings. The molecular formula is C20H21FN3O2S2+. The summed E-state index contributed by atoms with van der Waals surface area (Å²) in [6.07, 6.45) is 0.900. The molecule has 0 radical (unpaired) electrons. The van der Waals surface area contributed by atoms with Crippen LogP contribution in [0, 0.1) is 5.82 Å². The Bertz CT molecular complexity index is 1110. The first-order valence-electron chi connectivity index (χ1n) is 9.26. The zero-order valence-corrected chi connectivity index (χ0v) is 17.4. The van der Waals surface area contributed by atoms with Gasteiger partial charge in [0, 0.05) is 18.5 Å². The van der Waals surface area contributed by atoms with Gasteiger partial charge >= 0.3 is 0 Å². The third-order valence-electron chi connectivity index (χ3n) is 5.04. The van der Waals surface area contributed by atoms with Crippen LogP contribution in [0.15, 0.2) is 34.2 Å². The topological polar surface area (TPSA) is 56.4 Å². The van der Waals surface area contributed by atoms with Crippen molar-refractivity contribution in [3.05, 3.63) is 56.4 Å². The van der Waals surface area contributed by atoms with Crippen LogP contribution < -0.4 is 10.5 Å². The number of carbonyl (C=O) groups is 1. The highest BCUT2D eigenvalue weighted by Gasteiger charge is 2.25. The van der Waals surface area contributed by atoms with Crippen molar-refractivity contribution >= 4 is 39.1 Å². The molecule has 1 N–H and O–H groups in total. The maximum Gasteiger partial charge on any atom is 0.263 e. The van der Waals surface area contributed by atoms with Crippen molar-refractivity contribution < 1.29 is 14.1 Å². The van der Waals surface area contributed by atoms with Crippen molar-refractivity contribution in [1.82, 2.24) is 9.55 Å². The number of aromatic nitrogens is 2. The number of benzene rings is 1. The van der Waals surface area contributed by atoms with E-state index >= 15 is 0 Å². The van der Waals surface area contributed by atoms with E-state index in [-0.39, 0.29) is 22.9 Å². The normalized spacial score (nSPS) is 16.3. The summed E-state index contributed by atoms with van der Waals surface area (Å²) in [6, 6.07) is 5.51. The number of carbonyl (C=O) groups excluding carboxylic acids is 1. The summed E-state index contributed by atoms with van der Waals surface area (Å²) in [4.78, 5) is 33.7. The quantitative estimate of drug-likeness (QED) is 0.392. The number of hydrogen-bond acceptors (Lipinski definition) is 5. The number of hydrogen-bond donors (Lipinski definition) is 1. The lowest BCUT2D eigenvalue weighted by Crippen LogP contribution is -3.08. The number of fused-ring (bicyclic) bond motifs is 3. The molecule has 146 valence electrons. The van der Waals surface area contributed by atoms with E-state index in [0.29, 0.717) is 17.3 Å². The second-order valence-electron chi connectivity index (χ2n) is 6.98. The minimum atomic E-state index is -0.370. The highest BCUT2D eigenvalue weighted by molar-refractivity contribution is 7.99. The maximum atomic E-state index is 13.1. The molecule has 0 fully saturated rings. The molecule has 0 aliphatic carbocycles. The van der Waals surface area contributed by atoms with E-state index in [9.17, 15) is 14.0 Å². The standard InChI is InChI=1S/C20H20FN3O2S2/c1-3-24-19(26)17-14-8-9-23(2)10-16(14)28-18(17)22-20(24)27-11-15(25)12-4-6-13(21)7-5-12/h4-7H,3,8-11H2,1-2H3/p+1. The van der Waals surface area contributed by atoms with E-state index in [0.717, 1.165) is 35.3 Å². The fraction of sp³-hybridized carbons (Fsp3) is 0.350. The van der Waals surface area contributed by atoms with Gasteiger partial charge in [-0.15, -0.1) is 11.3 Å². The Morgan fingerprint density at radius 2 is 2.11 bits per heavy atom. The lowest BCUT2D eigenvalue weighted by Gasteiger charge is -2.19. The average Bonchev–Trinajstić information content (AvgIpc) is 3.04. The van der Waals surface area contributed by atoms with Crippen LogP contribution in [-0.2, 0) is 19.5 Å². The average molecular weight is 419 g/mol. The number of nitrogens with zero attached hydrogens (tertiary/aromatic N) is 2. The van der Waals surface area contributed by atoms with Crippen molar-refractivity contribution in [2.75, 3.05) is 19.3 Å². The highest BCUT2D eigenvalue weighted by atomic mass is 32.2. The van der Waals surface area contributed by atoms with E-state index in [1.807, 2.05) is 6.92 Å². The van der Waals surface area contributed by atoms with E-state index < -0.39 is 0 Å². The minimum Gasteiger partial charge on any atom is -0.333 e. The van der Waals surface area contributed by atoms with Crippen LogP contribution in [0.3, 0.4) is 0 Å². The molecule has 3 heterocycles. The van der Waals surface area contributed by atoms with Crippen LogP contribution in [-0.4, -0.2) is 34.7 Å². The summed E-state index contributed by atoms with van der Waals surface area (Å²) in [5, 5.41) is 1.32. The lowest BCUT2D eigenvalue weighted by atomic mass is 10.1. The Hall–Kier alpha value is -2.03. The molecule has 0 bridgehead atoms. The Kier molecular flexibility index (Phi) is 5.35. The van der Waals surface area contributed by atoms with Gasteiger partial charge in [0.2, 0.25) is 0 Å². The van der Waals surface area contributed by atoms with Crippen LogP contribution in [0.25, 0.3) is 10.2 Å². The van der Waals surface area contributed by atoms with Crippen molar-refractivity contribution in [1.29, 1.82) is 0 Å². The smallest absolute Gasteiger partial charge is 0.263 e. The zero-order valence-electron chi connectivity index (χ0n) is 15.8. The van der Waals surface area contributed by atoms with E-state index in [1.165, 1.54) is 45.8 Å². The monoisotopic (exact) mass is 418 g/mol. The lowest BCUT2D eigenvalue weighted by molar-refractivity contribution is -0.895. The van der Waals surface area contributed by atoms with Gasteiger partial charge in [0.25, 0.3) is 5.56 Å². The Morgan fingerprint density at radius 3 is 2.82 bits per heavy atom. The van der Waals surface area contributed by atoms with Crippen LogP contribution in [0.5, 0.6) is 0 Å². The summed E-state index contributed by atoms with van der Waals surface area (Å²) in [5.41, 5.74) is 1.60. The molecule has 1 unspecified atom stereocenters. The number of Topliss-reactive ketones (excluding diaryl/α,β-unsaturated/α-hetero) is 1. The van der Waals surface area contributed by atoms with Crippen LogP contribution in [0.1, 0.15) is 27.7 Å². The first-order valence-corrected chi connectivity index (χ1v) is 11.1. The molecule has 0 spiro atoms. The minimum absolute atomic E-state index is 0.0127. The summed E-state index contributed by atoms with van der Waals surface area (Å²) in [6.45, 7) is 4.36. The molecular weight excluding hydrogens is 397 g/mol. The Balaban J connectivity index is 1.66. The van der Waals surface area contributed by atoms with E-state index in [4.69, 9.17) is 4.98 Å². The van der Waals surface area contributed by atoms with Gasteiger partial charge in [-0.3, -0.25) is 14.2 Å². The summed E-state index contributed by atoms with van der Waals surface area (Å²) in [5.74, 6) is -0.329. The number of thiophene rings is 1. The zero-order chi connectivity index (χ0) is 19.8. The first kappa shape index (κ1) is 19.3. The number of thioether (sulfide) groups is 1. The fourth-order valence-electron chi connectivity index (χ4n) is 3.51. The van der Waals surface area contributed by atoms with Crippen LogP contribution in [0.4, 0.5) is 4.39 Å². The first-order chi connectivity index (χ1) is 13.5. The summed E-state index contributed by atoms with van der Waals surface area (Å²) >= 11 is 2.86. The van der Waals surface area contributed by atoms with Gasteiger partial charge in [0.05, 0.1) is 29.6 Å². The summed E-state index contributed by atoms with van der Waals surface area (Å²) in [7, 11) is 2.16. The van der Waals surface area contributed by atoms with Crippen molar-refractivity contribution in [3.63, 3.8) is 0 Å². The van der Waals surface area contributed by atoms with E-state index in [2.05, 4.69) is 7.05 Å². The van der Waals surface area contributed by atoms with Crippen molar-refractivity contribution in [2.45, 2.75) is 31.6 Å². The van der Waals surface area contributed by atoms with Gasteiger partial charge < -0.3 is 4.90 Å². The molecule has 5 nitrogen and oxygen atoms in total. The molecule has 3 aromatic rings. The SMILES string of the molecule is CCn1c(SCC(=O)c2ccc(F)cc2)nc2sc3c(c2c1=O)CC[NH+](C)C3. The molecule has 28 heavy (non-hydrogen) atoms. The number of rotatable bonds is 5. The maximum absolute atomic E-state index is 13.1. The molecule has 4 rings (SSSR count). The van der Waals surface area contributed by atoms with Crippen molar-refractivity contribution in [2.24, 2.45) is 0 Å². The fourth-order valence-corrected chi connectivity index (χ4v) is 5.84. The molecule has 0 amide bonds. The van der Waals surface area contributed by atoms with Gasteiger partial charge in [0.1, 0.15) is 17.2 Å². The van der Waals surface area contributed by atoms with Gasteiger partial charge in [-0.25, -0.2) is 9.37 Å².